The van der Waals surface area contributed by atoms with E-state index in [4.69, 9.17) is 0 Å². The SMILES string of the molecule is Cc1nc2c(c(C)c1CCC(=O)NCC(C)CC(C)O)c(=O)[nH]n2C. The van der Waals surface area contributed by atoms with Gasteiger partial charge in [0.05, 0.1) is 11.5 Å². The molecule has 0 aliphatic carbocycles. The Morgan fingerprint density at radius 1 is 1.36 bits per heavy atom. The molecule has 3 N–H and O–H groups in total. The molecule has 0 aliphatic rings. The molecule has 0 aliphatic heterocycles. The molecule has 0 spiro atoms. The number of carbonyl (C=O) groups is 1. The maximum absolute atomic E-state index is 12.1. The van der Waals surface area contributed by atoms with E-state index in [1.807, 2.05) is 20.8 Å². The first kappa shape index (κ1) is 19.2. The lowest BCUT2D eigenvalue weighted by Crippen LogP contribution is -2.29. The first-order chi connectivity index (χ1) is 11.7. The van der Waals surface area contributed by atoms with Crippen LogP contribution in [-0.4, -0.2) is 38.4 Å². The minimum atomic E-state index is -0.362. The van der Waals surface area contributed by atoms with Gasteiger partial charge in [0, 0.05) is 25.7 Å². The van der Waals surface area contributed by atoms with E-state index in [1.54, 1.807) is 18.7 Å². The van der Waals surface area contributed by atoms with Crippen LogP contribution >= 0.6 is 0 Å². The molecule has 2 atom stereocenters. The molecule has 0 radical (unpaired) electrons. The van der Waals surface area contributed by atoms with Crippen LogP contribution in [0.2, 0.25) is 0 Å². The second-order valence-corrected chi connectivity index (χ2v) is 6.99. The molecular formula is C18H28N4O3. The van der Waals surface area contributed by atoms with E-state index in [2.05, 4.69) is 15.4 Å². The number of rotatable bonds is 7. The molecule has 0 fully saturated rings. The number of amides is 1. The zero-order valence-corrected chi connectivity index (χ0v) is 15.6. The van der Waals surface area contributed by atoms with E-state index in [1.165, 1.54) is 0 Å². The molecule has 7 nitrogen and oxygen atoms in total. The number of carbonyl (C=O) groups excluding carboxylic acids is 1. The molecular weight excluding hydrogens is 320 g/mol. The van der Waals surface area contributed by atoms with Crippen molar-refractivity contribution in [1.82, 2.24) is 20.1 Å². The van der Waals surface area contributed by atoms with Crippen molar-refractivity contribution in [1.29, 1.82) is 0 Å². The number of nitrogens with one attached hydrogen (secondary N) is 2. The lowest BCUT2D eigenvalue weighted by atomic mass is 10.00. The molecule has 25 heavy (non-hydrogen) atoms. The number of aromatic amines is 1. The lowest BCUT2D eigenvalue weighted by molar-refractivity contribution is -0.121. The van der Waals surface area contributed by atoms with Gasteiger partial charge in [0.2, 0.25) is 5.91 Å². The fraction of sp³-hybridized carbons (Fsp3) is 0.611. The number of fused-ring (bicyclic) bond motifs is 1. The van der Waals surface area contributed by atoms with E-state index in [0.717, 1.165) is 16.8 Å². The maximum Gasteiger partial charge on any atom is 0.273 e. The molecule has 2 aromatic rings. The van der Waals surface area contributed by atoms with Crippen molar-refractivity contribution in [2.75, 3.05) is 6.54 Å². The van der Waals surface area contributed by atoms with Crippen LogP contribution in [0.3, 0.4) is 0 Å². The minimum absolute atomic E-state index is 0.0293. The minimum Gasteiger partial charge on any atom is -0.393 e. The molecule has 138 valence electrons. The van der Waals surface area contributed by atoms with Crippen molar-refractivity contribution in [2.24, 2.45) is 13.0 Å². The number of H-pyrrole nitrogens is 1. The molecule has 7 heteroatoms. The summed E-state index contributed by atoms with van der Waals surface area (Å²) in [5, 5.41) is 15.6. The predicted molar refractivity (Wildman–Crippen MR) is 97.6 cm³/mol. The van der Waals surface area contributed by atoms with Gasteiger partial charge in [-0.15, -0.1) is 0 Å². The number of aryl methyl sites for hydroxylation is 3. The fourth-order valence-electron chi connectivity index (χ4n) is 3.30. The first-order valence-electron chi connectivity index (χ1n) is 8.70. The molecule has 2 rings (SSSR count). The van der Waals surface area contributed by atoms with Crippen molar-refractivity contribution in [3.8, 4) is 0 Å². The Morgan fingerprint density at radius 2 is 2.04 bits per heavy atom. The summed E-state index contributed by atoms with van der Waals surface area (Å²) in [5.41, 5.74) is 3.17. The molecule has 0 saturated carbocycles. The van der Waals surface area contributed by atoms with Crippen LogP contribution in [0, 0.1) is 19.8 Å². The fourth-order valence-corrected chi connectivity index (χ4v) is 3.30. The van der Waals surface area contributed by atoms with Gasteiger partial charge in [-0.2, -0.15) is 0 Å². The maximum atomic E-state index is 12.1. The van der Waals surface area contributed by atoms with Gasteiger partial charge in [0.1, 0.15) is 0 Å². The molecule has 2 aromatic heterocycles. The molecule has 2 heterocycles. The lowest BCUT2D eigenvalue weighted by Gasteiger charge is -2.15. The predicted octanol–water partition coefficient (Wildman–Crippen LogP) is 1.33. The van der Waals surface area contributed by atoms with Gasteiger partial charge in [-0.3, -0.25) is 19.4 Å². The Hall–Kier alpha value is -2.15. The number of hydrogen-bond donors (Lipinski definition) is 3. The van der Waals surface area contributed by atoms with Gasteiger partial charge in [0.15, 0.2) is 5.65 Å². The number of hydrogen-bond acceptors (Lipinski definition) is 4. The van der Waals surface area contributed by atoms with E-state index in [0.29, 0.717) is 36.8 Å². The quantitative estimate of drug-likeness (QED) is 0.703. The van der Waals surface area contributed by atoms with E-state index in [-0.39, 0.29) is 23.5 Å². The third kappa shape index (κ3) is 4.48. The summed E-state index contributed by atoms with van der Waals surface area (Å²) in [6.07, 6.45) is 1.20. The number of aliphatic hydroxyl groups is 1. The van der Waals surface area contributed by atoms with Crippen LogP contribution in [0.1, 0.15) is 43.5 Å². The Morgan fingerprint density at radius 3 is 2.68 bits per heavy atom. The average Bonchev–Trinajstić information content (AvgIpc) is 2.78. The number of aliphatic hydroxyl groups excluding tert-OH is 1. The summed E-state index contributed by atoms with van der Waals surface area (Å²) >= 11 is 0. The summed E-state index contributed by atoms with van der Waals surface area (Å²) < 4.78 is 1.62. The Bertz CT molecular complexity index is 820. The topological polar surface area (TPSA) is 100 Å². The molecule has 1 amide bonds. The van der Waals surface area contributed by atoms with Crippen molar-refractivity contribution in [2.45, 2.75) is 53.1 Å². The average molecular weight is 348 g/mol. The normalized spacial score (nSPS) is 13.8. The third-order valence-corrected chi connectivity index (χ3v) is 4.57. The van der Waals surface area contributed by atoms with E-state index in [9.17, 15) is 14.7 Å². The van der Waals surface area contributed by atoms with Crippen molar-refractivity contribution >= 4 is 16.9 Å². The van der Waals surface area contributed by atoms with Gasteiger partial charge in [0.25, 0.3) is 5.56 Å². The van der Waals surface area contributed by atoms with Crippen LogP contribution in [0.4, 0.5) is 0 Å². The highest BCUT2D eigenvalue weighted by Gasteiger charge is 2.16. The van der Waals surface area contributed by atoms with Crippen LogP contribution in [0.15, 0.2) is 4.79 Å². The summed E-state index contributed by atoms with van der Waals surface area (Å²) in [5.74, 6) is 0.201. The summed E-state index contributed by atoms with van der Waals surface area (Å²) in [7, 11) is 1.76. The summed E-state index contributed by atoms with van der Waals surface area (Å²) in [6, 6.07) is 0. The second-order valence-electron chi connectivity index (χ2n) is 6.99. The molecule has 0 bridgehead atoms. The van der Waals surface area contributed by atoms with Crippen LogP contribution < -0.4 is 10.9 Å². The monoisotopic (exact) mass is 348 g/mol. The molecule has 2 unspecified atom stereocenters. The number of pyridine rings is 1. The van der Waals surface area contributed by atoms with Crippen molar-refractivity contribution < 1.29 is 9.90 Å². The first-order valence-corrected chi connectivity index (χ1v) is 8.70. The van der Waals surface area contributed by atoms with Gasteiger partial charge in [-0.05, 0) is 50.7 Å². The van der Waals surface area contributed by atoms with Gasteiger partial charge in [-0.25, -0.2) is 4.98 Å². The highest BCUT2D eigenvalue weighted by atomic mass is 16.3. The van der Waals surface area contributed by atoms with Crippen molar-refractivity contribution in [3.05, 3.63) is 27.2 Å². The Labute approximate surface area is 147 Å². The standard InChI is InChI=1S/C18H28N4O3/c1-10(8-11(2)23)9-19-15(24)7-6-14-12(3)16-17(20-13(14)4)22(5)21-18(16)25/h10-11,23H,6-9H2,1-5H3,(H,19,24)(H,21,25). The van der Waals surface area contributed by atoms with E-state index >= 15 is 0 Å². The van der Waals surface area contributed by atoms with Crippen molar-refractivity contribution in [3.63, 3.8) is 0 Å². The molecule has 0 aromatic carbocycles. The Balaban J connectivity index is 2.05. The van der Waals surface area contributed by atoms with Gasteiger partial charge in [-0.1, -0.05) is 6.92 Å². The third-order valence-electron chi connectivity index (χ3n) is 4.57. The smallest absolute Gasteiger partial charge is 0.273 e. The van der Waals surface area contributed by atoms with E-state index < -0.39 is 0 Å². The largest absolute Gasteiger partial charge is 0.393 e. The summed E-state index contributed by atoms with van der Waals surface area (Å²) in [6.45, 7) is 8.11. The Kier molecular flexibility index (Phi) is 6.00. The highest BCUT2D eigenvalue weighted by Crippen LogP contribution is 2.21. The van der Waals surface area contributed by atoms with Crippen LogP contribution in [-0.2, 0) is 18.3 Å². The number of nitrogens with zero attached hydrogens (tertiary/aromatic N) is 2. The zero-order chi connectivity index (χ0) is 18.7. The summed E-state index contributed by atoms with van der Waals surface area (Å²) in [4.78, 5) is 28.7. The van der Waals surface area contributed by atoms with Gasteiger partial charge < -0.3 is 10.4 Å². The zero-order valence-electron chi connectivity index (χ0n) is 15.6. The second kappa shape index (κ2) is 7.82. The molecule has 0 saturated heterocycles. The number of aromatic nitrogens is 3. The van der Waals surface area contributed by atoms with Crippen LogP contribution in [0.25, 0.3) is 11.0 Å². The van der Waals surface area contributed by atoms with Gasteiger partial charge >= 0.3 is 0 Å². The van der Waals surface area contributed by atoms with Crippen LogP contribution in [0.5, 0.6) is 0 Å². The highest BCUT2D eigenvalue weighted by molar-refractivity contribution is 5.81.